The number of rotatable bonds is 4. The molecule has 0 saturated heterocycles. The largest absolute Gasteiger partial charge is 0.395 e. The summed E-state index contributed by atoms with van der Waals surface area (Å²) in [5.74, 6) is 0. The quantitative estimate of drug-likeness (QED) is 0.650. The molecule has 1 rings (SSSR count). The molecule has 1 aromatic carbocycles. The first-order valence-corrected chi connectivity index (χ1v) is 5.49. The van der Waals surface area contributed by atoms with Crippen LogP contribution in [0.2, 0.25) is 0 Å². The van der Waals surface area contributed by atoms with Gasteiger partial charge in [-0.2, -0.15) is 0 Å². The first-order chi connectivity index (χ1) is 7.44. The third-order valence-corrected chi connectivity index (χ3v) is 3.27. The van der Waals surface area contributed by atoms with Gasteiger partial charge in [-0.05, 0) is 5.56 Å². The summed E-state index contributed by atoms with van der Waals surface area (Å²) in [4.78, 5) is 10.1. The molecule has 16 heavy (non-hydrogen) atoms. The number of benzene rings is 1. The van der Waals surface area contributed by atoms with E-state index in [1.165, 1.54) is 12.1 Å². The van der Waals surface area contributed by atoms with E-state index in [1.54, 1.807) is 13.0 Å². The molecule has 0 radical (unpaired) electrons. The van der Waals surface area contributed by atoms with Crippen LogP contribution in [0.4, 0.5) is 5.69 Å². The summed E-state index contributed by atoms with van der Waals surface area (Å²) < 4.78 is 0.587. The van der Waals surface area contributed by atoms with Gasteiger partial charge in [-0.3, -0.25) is 10.1 Å². The van der Waals surface area contributed by atoms with Crippen molar-refractivity contribution >= 4 is 21.6 Å². The van der Waals surface area contributed by atoms with Gasteiger partial charge >= 0.3 is 0 Å². The molecule has 1 aromatic rings. The fraction of sp³-hybridized carbons (Fsp3) is 0.400. The maximum atomic E-state index is 10.6. The van der Waals surface area contributed by atoms with Crippen molar-refractivity contribution in [2.75, 3.05) is 13.2 Å². The molecule has 0 aliphatic carbocycles. The number of nitrogens with zero attached hydrogens (tertiary/aromatic N) is 1. The Hall–Kier alpha value is -0.980. The Kier molecular flexibility index (Phi) is 4.01. The predicted molar refractivity (Wildman–Crippen MR) is 64.3 cm³/mol. The van der Waals surface area contributed by atoms with Crippen LogP contribution in [0.25, 0.3) is 0 Å². The summed E-state index contributed by atoms with van der Waals surface area (Å²) in [7, 11) is 0. The summed E-state index contributed by atoms with van der Waals surface area (Å²) >= 11 is 3.26. The normalized spacial score (nSPS) is 14.5. The number of hydrogen-bond donors (Lipinski definition) is 2. The monoisotopic (exact) mass is 288 g/mol. The van der Waals surface area contributed by atoms with E-state index in [-0.39, 0.29) is 18.8 Å². The lowest BCUT2D eigenvalue weighted by Gasteiger charge is -2.26. The molecule has 0 saturated carbocycles. The predicted octanol–water partition coefficient (Wildman–Crippen LogP) is 1.57. The van der Waals surface area contributed by atoms with Crippen LogP contribution in [-0.2, 0) is 5.41 Å². The fourth-order valence-electron chi connectivity index (χ4n) is 1.37. The van der Waals surface area contributed by atoms with E-state index >= 15 is 0 Å². The summed E-state index contributed by atoms with van der Waals surface area (Å²) in [5.41, 5.74) is 5.79. The van der Waals surface area contributed by atoms with Crippen LogP contribution in [0.1, 0.15) is 12.5 Å². The summed E-state index contributed by atoms with van der Waals surface area (Å²) in [6.07, 6.45) is 0. The molecule has 88 valence electrons. The van der Waals surface area contributed by atoms with Gasteiger partial charge in [-0.15, -0.1) is 0 Å². The van der Waals surface area contributed by atoms with Crippen LogP contribution in [0, 0.1) is 10.1 Å². The van der Waals surface area contributed by atoms with E-state index in [0.717, 1.165) is 5.56 Å². The van der Waals surface area contributed by atoms with Crippen molar-refractivity contribution in [3.63, 3.8) is 0 Å². The van der Waals surface area contributed by atoms with E-state index in [2.05, 4.69) is 15.9 Å². The fourth-order valence-corrected chi connectivity index (χ4v) is 2.21. The third-order valence-electron chi connectivity index (χ3n) is 2.61. The molecular formula is C10H13BrN2O3. The van der Waals surface area contributed by atoms with Gasteiger partial charge < -0.3 is 10.8 Å². The molecule has 0 bridgehead atoms. The van der Waals surface area contributed by atoms with Crippen LogP contribution < -0.4 is 5.73 Å². The Bertz CT molecular complexity index is 405. The number of nitro groups is 1. The summed E-state index contributed by atoms with van der Waals surface area (Å²) in [5, 5.41) is 19.9. The average molecular weight is 289 g/mol. The van der Waals surface area contributed by atoms with Crippen LogP contribution in [0.3, 0.4) is 0 Å². The highest BCUT2D eigenvalue weighted by molar-refractivity contribution is 9.10. The molecule has 0 aliphatic rings. The minimum atomic E-state index is -0.589. The highest BCUT2D eigenvalue weighted by Crippen LogP contribution is 2.32. The number of nitrogens with two attached hydrogens (primary N) is 1. The van der Waals surface area contributed by atoms with Crippen LogP contribution in [-0.4, -0.2) is 23.2 Å². The van der Waals surface area contributed by atoms with Crippen LogP contribution >= 0.6 is 15.9 Å². The molecule has 3 N–H and O–H groups in total. The second-order valence-electron chi connectivity index (χ2n) is 3.84. The van der Waals surface area contributed by atoms with Crippen molar-refractivity contribution < 1.29 is 10.0 Å². The van der Waals surface area contributed by atoms with Gasteiger partial charge in [0.2, 0.25) is 0 Å². The molecular weight excluding hydrogens is 276 g/mol. The molecule has 5 nitrogen and oxygen atoms in total. The molecule has 0 amide bonds. The Morgan fingerprint density at radius 1 is 1.62 bits per heavy atom. The number of hydrogen-bond acceptors (Lipinski definition) is 4. The first-order valence-electron chi connectivity index (χ1n) is 4.70. The molecule has 6 heteroatoms. The van der Waals surface area contributed by atoms with Crippen molar-refractivity contribution in [1.82, 2.24) is 0 Å². The Morgan fingerprint density at radius 2 is 2.25 bits per heavy atom. The zero-order valence-corrected chi connectivity index (χ0v) is 10.4. The van der Waals surface area contributed by atoms with E-state index in [0.29, 0.717) is 4.47 Å². The Labute approximate surface area is 102 Å². The molecule has 0 heterocycles. The number of nitro benzene ring substituents is 1. The average Bonchev–Trinajstić information content (AvgIpc) is 2.27. The number of aliphatic hydroxyl groups is 1. The van der Waals surface area contributed by atoms with Gasteiger partial charge in [0.1, 0.15) is 0 Å². The van der Waals surface area contributed by atoms with Crippen molar-refractivity contribution in [3.05, 3.63) is 38.3 Å². The highest BCUT2D eigenvalue weighted by Gasteiger charge is 2.27. The maximum absolute atomic E-state index is 10.6. The molecule has 0 aliphatic heterocycles. The molecule has 0 spiro atoms. The first kappa shape index (κ1) is 13.1. The van der Waals surface area contributed by atoms with E-state index in [4.69, 9.17) is 5.73 Å². The molecule has 1 unspecified atom stereocenters. The van der Waals surface area contributed by atoms with Crippen molar-refractivity contribution in [2.24, 2.45) is 5.73 Å². The minimum absolute atomic E-state index is 0.00735. The number of aliphatic hydroxyl groups excluding tert-OH is 1. The van der Waals surface area contributed by atoms with Gasteiger partial charge in [0.15, 0.2) is 0 Å². The van der Waals surface area contributed by atoms with Crippen LogP contribution in [0.15, 0.2) is 22.7 Å². The Morgan fingerprint density at radius 3 is 2.62 bits per heavy atom. The highest BCUT2D eigenvalue weighted by atomic mass is 79.9. The van der Waals surface area contributed by atoms with Gasteiger partial charge in [0.05, 0.1) is 11.5 Å². The maximum Gasteiger partial charge on any atom is 0.270 e. The zero-order chi connectivity index (χ0) is 12.3. The zero-order valence-electron chi connectivity index (χ0n) is 8.81. The van der Waals surface area contributed by atoms with E-state index in [9.17, 15) is 15.2 Å². The SMILES string of the molecule is CC(CN)(CO)c1ccc([N+](=O)[O-])cc1Br. The second kappa shape index (κ2) is 4.90. The van der Waals surface area contributed by atoms with Gasteiger partial charge in [-0.1, -0.05) is 28.9 Å². The lowest BCUT2D eigenvalue weighted by Crippen LogP contribution is -2.35. The van der Waals surface area contributed by atoms with Crippen molar-refractivity contribution in [3.8, 4) is 0 Å². The summed E-state index contributed by atoms with van der Waals surface area (Å²) in [6, 6.07) is 4.44. The van der Waals surface area contributed by atoms with E-state index < -0.39 is 10.3 Å². The number of non-ortho nitro benzene ring substituents is 1. The van der Waals surface area contributed by atoms with Crippen molar-refractivity contribution in [2.45, 2.75) is 12.3 Å². The van der Waals surface area contributed by atoms with E-state index in [1.807, 2.05) is 0 Å². The third kappa shape index (κ3) is 2.40. The van der Waals surface area contributed by atoms with Crippen LogP contribution in [0.5, 0.6) is 0 Å². The van der Waals surface area contributed by atoms with Gasteiger partial charge in [0, 0.05) is 28.6 Å². The lowest BCUT2D eigenvalue weighted by molar-refractivity contribution is -0.385. The summed E-state index contributed by atoms with van der Waals surface area (Å²) in [6.45, 7) is 1.96. The molecule has 0 aromatic heterocycles. The number of halogens is 1. The van der Waals surface area contributed by atoms with Gasteiger partial charge in [-0.25, -0.2) is 0 Å². The smallest absolute Gasteiger partial charge is 0.270 e. The molecule has 1 atom stereocenters. The topological polar surface area (TPSA) is 89.4 Å². The lowest BCUT2D eigenvalue weighted by atomic mass is 9.83. The minimum Gasteiger partial charge on any atom is -0.395 e. The second-order valence-corrected chi connectivity index (χ2v) is 4.70. The standard InChI is InChI=1S/C10H13BrN2O3/c1-10(5-12,6-14)8-3-2-7(13(15)16)4-9(8)11/h2-4,14H,5-6,12H2,1H3. The van der Waals surface area contributed by atoms with Crippen molar-refractivity contribution in [1.29, 1.82) is 0 Å². The molecule has 0 fully saturated rings. The Balaban J connectivity index is 3.22. The van der Waals surface area contributed by atoms with Gasteiger partial charge in [0.25, 0.3) is 5.69 Å².